The van der Waals surface area contributed by atoms with Crippen LogP contribution in [0.2, 0.25) is 0 Å². The molecular weight excluding hydrogens is 224 g/mol. The van der Waals surface area contributed by atoms with Gasteiger partial charge in [0.15, 0.2) is 0 Å². The third-order valence-electron chi connectivity index (χ3n) is 3.05. The maximum atomic E-state index is 6.27. The molecule has 0 aromatic heterocycles. The lowest BCUT2D eigenvalue weighted by Gasteiger charge is -2.16. The van der Waals surface area contributed by atoms with E-state index in [9.17, 15) is 0 Å². The molecule has 0 saturated heterocycles. The first-order chi connectivity index (χ1) is 8.76. The zero-order valence-corrected chi connectivity index (χ0v) is 10.5. The van der Waals surface area contributed by atoms with Crippen LogP contribution in [0.4, 0.5) is 0 Å². The Hall–Kier alpha value is -1.84. The fraction of sp³-hybridized carbons (Fsp3) is 0.200. The van der Waals surface area contributed by atoms with E-state index in [2.05, 4.69) is 0 Å². The molecule has 18 heavy (non-hydrogen) atoms. The maximum absolute atomic E-state index is 6.27. The highest BCUT2D eigenvalue weighted by atomic mass is 16.5. The van der Waals surface area contributed by atoms with Crippen molar-refractivity contribution in [2.45, 2.75) is 12.6 Å². The average molecular weight is 242 g/mol. The molecule has 0 heterocycles. The molecule has 0 aliphatic carbocycles. The van der Waals surface area contributed by atoms with Gasteiger partial charge in [0.1, 0.15) is 5.75 Å². The van der Waals surface area contributed by atoms with Crippen LogP contribution in [0.15, 0.2) is 48.5 Å². The van der Waals surface area contributed by atoms with E-state index in [1.807, 2.05) is 48.5 Å². The number of nitrogens with two attached hydrogens (primary N) is 2. The molecule has 2 aromatic carbocycles. The highest BCUT2D eigenvalue weighted by molar-refractivity contribution is 5.41. The zero-order valence-electron chi connectivity index (χ0n) is 10.5. The topological polar surface area (TPSA) is 61.3 Å². The van der Waals surface area contributed by atoms with Gasteiger partial charge in [0, 0.05) is 12.1 Å². The van der Waals surface area contributed by atoms with Gasteiger partial charge >= 0.3 is 0 Å². The summed E-state index contributed by atoms with van der Waals surface area (Å²) in [6.45, 7) is 0.546. The number of para-hydroxylation sites is 1. The van der Waals surface area contributed by atoms with E-state index in [4.69, 9.17) is 16.2 Å². The molecule has 4 N–H and O–H groups in total. The summed E-state index contributed by atoms with van der Waals surface area (Å²) in [5, 5.41) is 0. The summed E-state index contributed by atoms with van der Waals surface area (Å²) in [6.07, 6.45) is 0. The first-order valence-electron chi connectivity index (χ1n) is 5.93. The van der Waals surface area contributed by atoms with Crippen LogP contribution in [-0.4, -0.2) is 7.11 Å². The highest BCUT2D eigenvalue weighted by Crippen LogP contribution is 2.27. The molecule has 1 atom stereocenters. The minimum absolute atomic E-state index is 0.187. The molecule has 2 rings (SSSR count). The predicted molar refractivity (Wildman–Crippen MR) is 73.4 cm³/mol. The van der Waals surface area contributed by atoms with Crippen molar-refractivity contribution in [3.63, 3.8) is 0 Å². The molecule has 3 heteroatoms. The summed E-state index contributed by atoms with van der Waals surface area (Å²) < 4.78 is 5.33. The number of benzene rings is 2. The largest absolute Gasteiger partial charge is 0.496 e. The minimum Gasteiger partial charge on any atom is -0.496 e. The van der Waals surface area contributed by atoms with Gasteiger partial charge in [0.25, 0.3) is 0 Å². The lowest BCUT2D eigenvalue weighted by Crippen LogP contribution is -2.13. The van der Waals surface area contributed by atoms with Gasteiger partial charge in [-0.3, -0.25) is 0 Å². The smallest absolute Gasteiger partial charge is 0.123 e. The van der Waals surface area contributed by atoms with Crippen molar-refractivity contribution >= 4 is 0 Å². The number of rotatable bonds is 4. The summed E-state index contributed by atoms with van der Waals surface area (Å²) in [5.41, 5.74) is 15.0. The van der Waals surface area contributed by atoms with E-state index in [0.717, 1.165) is 22.4 Å². The van der Waals surface area contributed by atoms with Crippen molar-refractivity contribution in [3.05, 3.63) is 65.2 Å². The highest BCUT2D eigenvalue weighted by Gasteiger charge is 2.13. The monoisotopic (exact) mass is 242 g/mol. The molecule has 0 aliphatic rings. The van der Waals surface area contributed by atoms with Crippen LogP contribution in [0, 0.1) is 0 Å². The van der Waals surface area contributed by atoms with Gasteiger partial charge in [-0.25, -0.2) is 0 Å². The van der Waals surface area contributed by atoms with Gasteiger partial charge in [-0.15, -0.1) is 0 Å². The van der Waals surface area contributed by atoms with Crippen molar-refractivity contribution in [3.8, 4) is 5.75 Å². The fourth-order valence-corrected chi connectivity index (χ4v) is 1.96. The lowest BCUT2D eigenvalue weighted by molar-refractivity contribution is 0.408. The lowest BCUT2D eigenvalue weighted by atomic mass is 9.98. The Morgan fingerprint density at radius 3 is 2.33 bits per heavy atom. The van der Waals surface area contributed by atoms with Crippen LogP contribution in [0.3, 0.4) is 0 Å². The second kappa shape index (κ2) is 5.67. The van der Waals surface area contributed by atoms with Crippen LogP contribution >= 0.6 is 0 Å². The summed E-state index contributed by atoms with van der Waals surface area (Å²) in [6, 6.07) is 15.7. The van der Waals surface area contributed by atoms with Crippen molar-refractivity contribution < 1.29 is 4.74 Å². The van der Waals surface area contributed by atoms with Crippen LogP contribution < -0.4 is 16.2 Å². The van der Waals surface area contributed by atoms with Crippen LogP contribution in [0.25, 0.3) is 0 Å². The van der Waals surface area contributed by atoms with Crippen LogP contribution in [0.1, 0.15) is 22.7 Å². The van der Waals surface area contributed by atoms with E-state index >= 15 is 0 Å². The van der Waals surface area contributed by atoms with Crippen LogP contribution in [-0.2, 0) is 6.54 Å². The molecule has 0 saturated carbocycles. The number of ether oxygens (including phenoxy) is 1. The third-order valence-corrected chi connectivity index (χ3v) is 3.05. The van der Waals surface area contributed by atoms with E-state index in [0.29, 0.717) is 6.54 Å². The molecule has 0 fully saturated rings. The standard InChI is InChI=1S/C15H18N2O/c1-18-14-5-3-2-4-13(14)15(17)12-8-6-11(10-16)7-9-12/h2-9,15H,10,16-17H2,1H3. The summed E-state index contributed by atoms with van der Waals surface area (Å²) in [4.78, 5) is 0. The maximum Gasteiger partial charge on any atom is 0.123 e. The molecular formula is C15H18N2O. The number of hydrogen-bond acceptors (Lipinski definition) is 3. The second-order valence-corrected chi connectivity index (χ2v) is 4.17. The van der Waals surface area contributed by atoms with E-state index in [1.54, 1.807) is 7.11 Å². The second-order valence-electron chi connectivity index (χ2n) is 4.17. The average Bonchev–Trinajstić information content (AvgIpc) is 2.46. The van der Waals surface area contributed by atoms with Crippen molar-refractivity contribution in [1.29, 1.82) is 0 Å². The first-order valence-corrected chi connectivity index (χ1v) is 5.93. The predicted octanol–water partition coefficient (Wildman–Crippen LogP) is 2.20. The number of hydrogen-bond donors (Lipinski definition) is 2. The zero-order chi connectivity index (χ0) is 13.0. The van der Waals surface area contributed by atoms with Crippen molar-refractivity contribution in [1.82, 2.24) is 0 Å². The molecule has 0 radical (unpaired) electrons. The van der Waals surface area contributed by atoms with Gasteiger partial charge in [-0.1, -0.05) is 42.5 Å². The van der Waals surface area contributed by atoms with Gasteiger partial charge in [-0.05, 0) is 17.2 Å². The molecule has 94 valence electrons. The fourth-order valence-electron chi connectivity index (χ4n) is 1.96. The molecule has 0 amide bonds. The molecule has 3 nitrogen and oxygen atoms in total. The molecule has 0 aliphatic heterocycles. The SMILES string of the molecule is COc1ccccc1C(N)c1ccc(CN)cc1. The van der Waals surface area contributed by atoms with E-state index < -0.39 is 0 Å². The van der Waals surface area contributed by atoms with Crippen molar-refractivity contribution in [2.75, 3.05) is 7.11 Å². The normalized spacial score (nSPS) is 12.2. The molecule has 0 bridgehead atoms. The van der Waals surface area contributed by atoms with Crippen molar-refractivity contribution in [2.24, 2.45) is 11.5 Å². The van der Waals surface area contributed by atoms with Crippen LogP contribution in [0.5, 0.6) is 5.75 Å². The van der Waals surface area contributed by atoms with E-state index in [1.165, 1.54) is 0 Å². The molecule has 2 aromatic rings. The Morgan fingerprint density at radius 2 is 1.72 bits per heavy atom. The van der Waals surface area contributed by atoms with Gasteiger partial charge in [0.05, 0.1) is 13.2 Å². The number of methoxy groups -OCH3 is 1. The summed E-state index contributed by atoms with van der Waals surface area (Å²) >= 11 is 0. The third kappa shape index (κ3) is 2.53. The van der Waals surface area contributed by atoms with E-state index in [-0.39, 0.29) is 6.04 Å². The Balaban J connectivity index is 2.31. The first kappa shape index (κ1) is 12.6. The molecule has 1 unspecified atom stereocenters. The molecule has 0 spiro atoms. The Labute approximate surface area is 107 Å². The summed E-state index contributed by atoms with van der Waals surface area (Å²) in [7, 11) is 1.66. The Bertz CT molecular complexity index is 508. The Kier molecular flexibility index (Phi) is 3.97. The van der Waals surface area contributed by atoms with Gasteiger partial charge < -0.3 is 16.2 Å². The summed E-state index contributed by atoms with van der Waals surface area (Å²) in [5.74, 6) is 0.813. The van der Waals surface area contributed by atoms with Gasteiger partial charge in [-0.2, -0.15) is 0 Å². The van der Waals surface area contributed by atoms with Gasteiger partial charge in [0.2, 0.25) is 0 Å². The quantitative estimate of drug-likeness (QED) is 0.864. The Morgan fingerprint density at radius 1 is 1.06 bits per heavy atom. The minimum atomic E-state index is -0.187.